The molecule has 2 amide bonds. The van der Waals surface area contributed by atoms with Crippen LogP contribution in [-0.2, 0) is 11.2 Å². The van der Waals surface area contributed by atoms with Crippen molar-refractivity contribution in [2.75, 3.05) is 13.1 Å². The molecule has 0 bridgehead atoms. The van der Waals surface area contributed by atoms with E-state index in [2.05, 4.69) is 15.3 Å². The molecule has 0 radical (unpaired) electrons. The molecular weight excluding hydrogens is 347 g/mol. The second-order valence-corrected chi connectivity index (χ2v) is 7.44. The zero-order chi connectivity index (χ0) is 19.0. The van der Waals surface area contributed by atoms with Crippen LogP contribution >= 0.6 is 0 Å². The third-order valence-corrected chi connectivity index (χ3v) is 5.53. The lowest BCUT2D eigenvalue weighted by Gasteiger charge is -2.22. The van der Waals surface area contributed by atoms with Crippen LogP contribution in [0.4, 0.5) is 4.39 Å². The predicted octanol–water partition coefficient (Wildman–Crippen LogP) is 1.89. The topological polar surface area (TPSA) is 75.2 Å². The Hall–Kier alpha value is -2.83. The molecule has 1 aliphatic carbocycles. The fraction of sp³-hybridized carbons (Fsp3) is 0.400. The number of likely N-dealkylation sites (tertiary alicyclic amines) is 1. The molecule has 1 N–H and O–H groups in total. The largest absolute Gasteiger partial charge is 0.344 e. The Kier molecular flexibility index (Phi) is 4.37. The third-order valence-electron chi connectivity index (χ3n) is 5.53. The zero-order valence-electron chi connectivity index (χ0n) is 15.1. The lowest BCUT2D eigenvalue weighted by molar-refractivity contribution is -0.130. The van der Waals surface area contributed by atoms with Gasteiger partial charge in [-0.15, -0.1) is 0 Å². The summed E-state index contributed by atoms with van der Waals surface area (Å²) in [6, 6.07) is 6.33. The van der Waals surface area contributed by atoms with Crippen LogP contribution in [-0.4, -0.2) is 45.3 Å². The number of aryl methyl sites for hydroxylation is 2. The standard InChI is InChI=1S/C20H21FN4O2/c1-13-17(9-22-12-23-13)19(27)24-20-8-15(20)10-25(11-20)18(26)6-5-14-3-2-4-16(21)7-14/h2-4,7,9,12,15H,5-6,8,10-11H2,1H3,(H,24,27)/t15-,20-/m0/s1. The van der Waals surface area contributed by atoms with Gasteiger partial charge in [0.2, 0.25) is 5.91 Å². The van der Waals surface area contributed by atoms with E-state index in [-0.39, 0.29) is 23.2 Å². The van der Waals surface area contributed by atoms with E-state index in [0.717, 1.165) is 12.0 Å². The molecular formula is C20H21FN4O2. The van der Waals surface area contributed by atoms with E-state index < -0.39 is 0 Å². The summed E-state index contributed by atoms with van der Waals surface area (Å²) in [5.74, 6) is -0.141. The quantitative estimate of drug-likeness (QED) is 0.875. The average molecular weight is 368 g/mol. The van der Waals surface area contributed by atoms with E-state index in [0.29, 0.717) is 43.1 Å². The zero-order valence-corrected chi connectivity index (χ0v) is 15.1. The SMILES string of the molecule is Cc1ncncc1C(=O)N[C@]12C[C@H]1CN(C(=O)CCc1cccc(F)c1)C2. The highest BCUT2D eigenvalue weighted by Gasteiger charge is 2.61. The minimum absolute atomic E-state index is 0.0410. The molecule has 1 aromatic heterocycles. The van der Waals surface area contributed by atoms with Crippen LogP contribution in [0.3, 0.4) is 0 Å². The number of hydrogen-bond acceptors (Lipinski definition) is 4. The van der Waals surface area contributed by atoms with Crippen LogP contribution in [0.2, 0.25) is 0 Å². The molecule has 27 heavy (non-hydrogen) atoms. The molecule has 4 rings (SSSR count). The number of fused-ring (bicyclic) bond motifs is 1. The van der Waals surface area contributed by atoms with Crippen LogP contribution in [0.15, 0.2) is 36.8 Å². The number of nitrogens with one attached hydrogen (secondary N) is 1. The van der Waals surface area contributed by atoms with Crippen molar-refractivity contribution in [1.29, 1.82) is 0 Å². The van der Waals surface area contributed by atoms with E-state index >= 15 is 0 Å². The molecule has 2 aliphatic rings. The van der Waals surface area contributed by atoms with Crippen molar-refractivity contribution in [1.82, 2.24) is 20.2 Å². The van der Waals surface area contributed by atoms with Gasteiger partial charge < -0.3 is 10.2 Å². The number of aromatic nitrogens is 2. The maximum Gasteiger partial charge on any atom is 0.255 e. The average Bonchev–Trinajstić information content (AvgIpc) is 3.19. The molecule has 1 aromatic carbocycles. The third kappa shape index (κ3) is 3.54. The fourth-order valence-electron chi connectivity index (χ4n) is 3.88. The van der Waals surface area contributed by atoms with E-state index in [1.165, 1.54) is 24.7 Å². The first-order valence-electron chi connectivity index (χ1n) is 9.08. The van der Waals surface area contributed by atoms with Crippen LogP contribution < -0.4 is 5.32 Å². The maximum atomic E-state index is 13.2. The second kappa shape index (κ2) is 6.72. The Morgan fingerprint density at radius 2 is 2.26 bits per heavy atom. The van der Waals surface area contributed by atoms with E-state index in [1.807, 2.05) is 11.0 Å². The van der Waals surface area contributed by atoms with Crippen LogP contribution in [0, 0.1) is 18.7 Å². The summed E-state index contributed by atoms with van der Waals surface area (Å²) >= 11 is 0. The molecule has 140 valence electrons. The number of halogens is 1. The number of carbonyl (C=O) groups is 2. The van der Waals surface area contributed by atoms with Gasteiger partial charge in [-0.05, 0) is 37.5 Å². The molecule has 6 nitrogen and oxygen atoms in total. The fourth-order valence-corrected chi connectivity index (χ4v) is 3.88. The van der Waals surface area contributed by atoms with Crippen molar-refractivity contribution < 1.29 is 14.0 Å². The Morgan fingerprint density at radius 1 is 1.41 bits per heavy atom. The minimum atomic E-state index is -0.326. The highest BCUT2D eigenvalue weighted by atomic mass is 19.1. The van der Waals surface area contributed by atoms with Crippen molar-refractivity contribution in [3.8, 4) is 0 Å². The molecule has 0 unspecified atom stereocenters. The first-order valence-corrected chi connectivity index (χ1v) is 9.08. The van der Waals surface area contributed by atoms with Gasteiger partial charge in [0.25, 0.3) is 5.91 Å². The maximum absolute atomic E-state index is 13.2. The molecule has 1 saturated heterocycles. The van der Waals surface area contributed by atoms with Gasteiger partial charge in [0, 0.05) is 31.6 Å². The van der Waals surface area contributed by atoms with Crippen molar-refractivity contribution in [2.24, 2.45) is 5.92 Å². The van der Waals surface area contributed by atoms with Gasteiger partial charge in [-0.2, -0.15) is 0 Å². The summed E-state index contributed by atoms with van der Waals surface area (Å²) < 4.78 is 13.2. The first-order chi connectivity index (χ1) is 13.0. The number of rotatable bonds is 5. The van der Waals surface area contributed by atoms with Gasteiger partial charge in [0.1, 0.15) is 12.1 Å². The Bertz CT molecular complexity index is 903. The van der Waals surface area contributed by atoms with Gasteiger partial charge in [-0.1, -0.05) is 12.1 Å². The summed E-state index contributed by atoms with van der Waals surface area (Å²) in [6.07, 6.45) is 4.67. The summed E-state index contributed by atoms with van der Waals surface area (Å²) in [6.45, 7) is 2.96. The number of piperidine rings is 1. The lowest BCUT2D eigenvalue weighted by atomic mass is 10.1. The van der Waals surface area contributed by atoms with E-state index in [4.69, 9.17) is 0 Å². The van der Waals surface area contributed by atoms with E-state index in [1.54, 1.807) is 13.0 Å². The number of nitrogens with zero attached hydrogens (tertiary/aromatic N) is 3. The number of hydrogen-bond donors (Lipinski definition) is 1. The van der Waals surface area contributed by atoms with Crippen LogP contribution in [0.1, 0.15) is 34.5 Å². The lowest BCUT2D eigenvalue weighted by Crippen LogP contribution is -2.43. The predicted molar refractivity (Wildman–Crippen MR) is 96.4 cm³/mol. The molecule has 0 spiro atoms. The first kappa shape index (κ1) is 17.6. The number of amides is 2. The second-order valence-electron chi connectivity index (χ2n) is 7.44. The van der Waals surface area contributed by atoms with Crippen molar-refractivity contribution in [3.63, 3.8) is 0 Å². The molecule has 1 saturated carbocycles. The molecule has 2 atom stereocenters. The smallest absolute Gasteiger partial charge is 0.255 e. The van der Waals surface area contributed by atoms with E-state index in [9.17, 15) is 14.0 Å². The molecule has 1 aliphatic heterocycles. The summed E-state index contributed by atoms with van der Waals surface area (Å²) in [4.78, 5) is 34.8. The molecule has 7 heteroatoms. The Balaban J connectivity index is 1.34. The van der Waals surface area contributed by atoms with Crippen molar-refractivity contribution >= 4 is 11.8 Å². The molecule has 2 aromatic rings. The molecule has 2 fully saturated rings. The van der Waals surface area contributed by atoms with Gasteiger partial charge in [0.15, 0.2) is 0 Å². The summed E-state index contributed by atoms with van der Waals surface area (Å²) in [5, 5.41) is 3.09. The van der Waals surface area contributed by atoms with Gasteiger partial charge in [-0.3, -0.25) is 9.59 Å². The van der Waals surface area contributed by atoms with Crippen LogP contribution in [0.25, 0.3) is 0 Å². The summed E-state index contributed by atoms with van der Waals surface area (Å²) in [7, 11) is 0. The van der Waals surface area contributed by atoms with Crippen molar-refractivity contribution in [3.05, 3.63) is 59.4 Å². The summed E-state index contributed by atoms with van der Waals surface area (Å²) in [5.41, 5.74) is 1.59. The normalized spacial score (nSPS) is 23.0. The highest BCUT2D eigenvalue weighted by molar-refractivity contribution is 5.95. The Morgan fingerprint density at radius 3 is 3.04 bits per heavy atom. The van der Waals surface area contributed by atoms with Gasteiger partial charge in [0.05, 0.1) is 16.8 Å². The molecule has 2 heterocycles. The Labute approximate surface area is 156 Å². The van der Waals surface area contributed by atoms with Gasteiger partial charge >= 0.3 is 0 Å². The number of carbonyl (C=O) groups excluding carboxylic acids is 2. The monoisotopic (exact) mass is 368 g/mol. The minimum Gasteiger partial charge on any atom is -0.344 e. The number of benzene rings is 1. The highest BCUT2D eigenvalue weighted by Crippen LogP contribution is 2.49. The van der Waals surface area contributed by atoms with Crippen LogP contribution in [0.5, 0.6) is 0 Å². The van der Waals surface area contributed by atoms with Crippen molar-refractivity contribution in [2.45, 2.75) is 31.7 Å². The van der Waals surface area contributed by atoms with Gasteiger partial charge in [-0.25, -0.2) is 14.4 Å².